The lowest BCUT2D eigenvalue weighted by Gasteiger charge is -2.19. The Morgan fingerprint density at radius 2 is 1.50 bits per heavy atom. The van der Waals surface area contributed by atoms with E-state index in [2.05, 4.69) is 13.2 Å². The maximum atomic E-state index is 12.0. The second-order valence-corrected chi connectivity index (χ2v) is 10.9. The average molecular weight is 676 g/mol. The molecule has 12 nitrogen and oxygen atoms in total. The summed E-state index contributed by atoms with van der Waals surface area (Å²) in [6.45, 7) is 15.1. The monoisotopic (exact) mass is 675 g/mol. The number of ether oxygens (including phenoxy) is 5. The Hall–Kier alpha value is -4.10. The number of allylic oxidation sites excluding steroid dienone is 2. The molecular formula is C36H53NO11. The molecule has 0 heterocycles. The van der Waals surface area contributed by atoms with Gasteiger partial charge in [-0.25, -0.2) is 19.2 Å². The molecule has 1 aromatic carbocycles. The van der Waals surface area contributed by atoms with Crippen LogP contribution in [0.4, 0.5) is 0 Å². The summed E-state index contributed by atoms with van der Waals surface area (Å²) in [6, 6.07) is 9.83. The van der Waals surface area contributed by atoms with Gasteiger partial charge >= 0.3 is 23.9 Å². The minimum Gasteiger partial charge on any atom is -0.478 e. The van der Waals surface area contributed by atoms with Crippen LogP contribution in [0, 0.1) is 0 Å². The van der Waals surface area contributed by atoms with E-state index in [-0.39, 0.29) is 30.5 Å². The molecule has 268 valence electrons. The number of carbonyl (C=O) groups is 4. The zero-order valence-corrected chi connectivity index (χ0v) is 29.0. The summed E-state index contributed by atoms with van der Waals surface area (Å²) in [7, 11) is 3.81. The van der Waals surface area contributed by atoms with Crippen LogP contribution in [0.1, 0.15) is 45.6 Å². The molecule has 0 fully saturated rings. The van der Waals surface area contributed by atoms with Crippen molar-refractivity contribution in [2.75, 3.05) is 66.9 Å². The molecule has 2 N–H and O–H groups in total. The van der Waals surface area contributed by atoms with E-state index in [9.17, 15) is 19.2 Å². The number of carbonyl (C=O) groups excluding carboxylic acids is 2. The summed E-state index contributed by atoms with van der Waals surface area (Å²) in [5.74, 6) is -2.92. The van der Waals surface area contributed by atoms with Crippen LogP contribution in [0.25, 0.3) is 0 Å². The number of hydrogen-bond donors (Lipinski definition) is 2. The van der Waals surface area contributed by atoms with E-state index in [1.807, 2.05) is 56.3 Å². The fourth-order valence-electron chi connectivity index (χ4n) is 3.57. The van der Waals surface area contributed by atoms with Crippen molar-refractivity contribution in [3.8, 4) is 0 Å². The Morgan fingerprint density at radius 3 is 2.08 bits per heavy atom. The third-order valence-electron chi connectivity index (χ3n) is 6.33. The molecule has 0 amide bonds. The van der Waals surface area contributed by atoms with Crippen LogP contribution in [0.5, 0.6) is 0 Å². The lowest BCUT2D eigenvalue weighted by atomic mass is 10.0. The van der Waals surface area contributed by atoms with Crippen LogP contribution in [0.2, 0.25) is 0 Å². The highest BCUT2D eigenvalue weighted by molar-refractivity contribution is 5.89. The van der Waals surface area contributed by atoms with Crippen molar-refractivity contribution in [3.05, 3.63) is 83.5 Å². The van der Waals surface area contributed by atoms with E-state index >= 15 is 0 Å². The summed E-state index contributed by atoms with van der Waals surface area (Å²) in [4.78, 5) is 46.8. The van der Waals surface area contributed by atoms with Crippen LogP contribution in [0.3, 0.4) is 0 Å². The Bertz CT molecular complexity index is 1210. The molecule has 0 bridgehead atoms. The Kier molecular flexibility index (Phi) is 24.6. The number of hydrogen-bond acceptors (Lipinski definition) is 10. The predicted molar refractivity (Wildman–Crippen MR) is 183 cm³/mol. The van der Waals surface area contributed by atoms with Crippen LogP contribution >= 0.6 is 0 Å². The van der Waals surface area contributed by atoms with Gasteiger partial charge in [-0.2, -0.15) is 0 Å². The van der Waals surface area contributed by atoms with Gasteiger partial charge in [0.25, 0.3) is 0 Å². The molecule has 1 atom stereocenters. The van der Waals surface area contributed by atoms with Gasteiger partial charge in [-0.3, -0.25) is 0 Å². The number of rotatable bonds is 24. The Balaban J connectivity index is 0.000000970. The van der Waals surface area contributed by atoms with Crippen molar-refractivity contribution in [2.45, 2.75) is 52.6 Å². The number of carboxylic acid groups (broad SMARTS) is 2. The summed E-state index contributed by atoms with van der Waals surface area (Å²) in [5, 5.41) is 17.8. The standard InChI is InChI=1S/C20H35NO7.C16H18O4/c1-7-24-15-18(14-17(4)20(23)27-9-8-21(5)6)26-12-10-25-11-13-28-19(22)16(2)3;1-12(15(17)18)10-11-14(16(19)20)9-5-8-13-6-3-2-4-7-13/h18H,2,4,7-15H2,1,3,5-6H3;2-4,6-7,10-11H,5,8-9H2,1H3,(H,17,18)(H,19,20). The number of esters is 2. The molecule has 1 aromatic rings. The SMILES string of the molecule is C=C(C)C(=O)OCCOCCOC(COCC)CC(=C)C(=O)OCCN(C)C.CC(=CC=C(CCCc1ccccc1)C(=O)O)C(=O)O. The van der Waals surface area contributed by atoms with E-state index < -0.39 is 23.9 Å². The molecule has 0 radical (unpaired) electrons. The summed E-state index contributed by atoms with van der Waals surface area (Å²) in [5.41, 5.74) is 2.20. The number of likely N-dealkylation sites (N-methyl/N-ethyl adjacent to an activating group) is 1. The van der Waals surface area contributed by atoms with E-state index in [1.165, 1.54) is 19.1 Å². The molecule has 0 aliphatic rings. The minimum atomic E-state index is -1.05. The van der Waals surface area contributed by atoms with E-state index in [4.69, 9.17) is 33.9 Å². The minimum absolute atomic E-state index is 0.117. The fourth-order valence-corrected chi connectivity index (χ4v) is 3.57. The average Bonchev–Trinajstić information content (AvgIpc) is 3.04. The van der Waals surface area contributed by atoms with Gasteiger partial charge < -0.3 is 38.8 Å². The molecule has 0 aliphatic carbocycles. The van der Waals surface area contributed by atoms with Gasteiger partial charge in [-0.15, -0.1) is 0 Å². The molecule has 0 aromatic heterocycles. The van der Waals surface area contributed by atoms with Gasteiger partial charge in [0.15, 0.2) is 0 Å². The highest BCUT2D eigenvalue weighted by Crippen LogP contribution is 2.12. The lowest BCUT2D eigenvalue weighted by molar-refractivity contribution is -0.141. The first kappa shape index (κ1) is 43.9. The van der Waals surface area contributed by atoms with Crippen LogP contribution in [0.15, 0.2) is 77.9 Å². The second kappa shape index (κ2) is 26.9. The summed E-state index contributed by atoms with van der Waals surface area (Å²) >= 11 is 0. The molecular weight excluding hydrogens is 622 g/mol. The van der Waals surface area contributed by atoms with Crippen LogP contribution < -0.4 is 0 Å². The quantitative estimate of drug-likeness (QED) is 0.0678. The highest BCUT2D eigenvalue weighted by Gasteiger charge is 2.17. The zero-order chi connectivity index (χ0) is 36.3. The van der Waals surface area contributed by atoms with Crippen molar-refractivity contribution in [1.82, 2.24) is 4.90 Å². The lowest BCUT2D eigenvalue weighted by Crippen LogP contribution is -2.26. The largest absolute Gasteiger partial charge is 0.478 e. The number of aliphatic carboxylic acids is 2. The maximum absolute atomic E-state index is 12.0. The molecule has 0 aliphatic heterocycles. The third kappa shape index (κ3) is 23.3. The molecule has 0 saturated carbocycles. The number of aryl methyl sites for hydroxylation is 1. The first-order valence-corrected chi connectivity index (χ1v) is 15.8. The Morgan fingerprint density at radius 1 is 0.854 bits per heavy atom. The van der Waals surface area contributed by atoms with Gasteiger partial charge in [0.2, 0.25) is 0 Å². The summed E-state index contributed by atoms with van der Waals surface area (Å²) < 4.78 is 26.6. The molecule has 0 spiro atoms. The first-order valence-electron chi connectivity index (χ1n) is 15.8. The number of carboxylic acids is 2. The topological polar surface area (TPSA) is 158 Å². The van der Waals surface area contributed by atoms with Gasteiger partial charge in [-0.1, -0.05) is 55.6 Å². The Labute approximate surface area is 284 Å². The van der Waals surface area contributed by atoms with Gasteiger partial charge in [0.05, 0.1) is 32.5 Å². The third-order valence-corrected chi connectivity index (χ3v) is 6.33. The molecule has 12 heteroatoms. The van der Waals surface area contributed by atoms with Crippen molar-refractivity contribution in [1.29, 1.82) is 0 Å². The number of benzene rings is 1. The van der Waals surface area contributed by atoms with Gasteiger partial charge in [-0.05, 0) is 59.7 Å². The van der Waals surface area contributed by atoms with E-state index in [1.54, 1.807) is 6.92 Å². The van der Waals surface area contributed by atoms with Crippen LogP contribution in [-0.4, -0.2) is 112 Å². The summed E-state index contributed by atoms with van der Waals surface area (Å²) in [6.07, 6.45) is 4.61. The smallest absolute Gasteiger partial charge is 0.333 e. The molecule has 0 saturated heterocycles. The fraction of sp³-hybridized carbons (Fsp3) is 0.500. The maximum Gasteiger partial charge on any atom is 0.333 e. The van der Waals surface area contributed by atoms with Crippen molar-refractivity contribution in [2.24, 2.45) is 0 Å². The molecule has 48 heavy (non-hydrogen) atoms. The van der Waals surface area contributed by atoms with Gasteiger partial charge in [0.1, 0.15) is 13.2 Å². The normalized spacial score (nSPS) is 12.0. The molecule has 1 rings (SSSR count). The van der Waals surface area contributed by atoms with Crippen molar-refractivity contribution < 1.29 is 53.1 Å². The highest BCUT2D eigenvalue weighted by atomic mass is 16.6. The molecule has 1 unspecified atom stereocenters. The van der Waals surface area contributed by atoms with Gasteiger partial charge in [0, 0.05) is 41.9 Å². The number of nitrogens with zero attached hydrogens (tertiary/aromatic N) is 1. The predicted octanol–water partition coefficient (Wildman–Crippen LogP) is 4.65. The van der Waals surface area contributed by atoms with E-state index in [0.717, 1.165) is 12.0 Å². The van der Waals surface area contributed by atoms with Crippen molar-refractivity contribution in [3.63, 3.8) is 0 Å². The zero-order valence-electron chi connectivity index (χ0n) is 29.0. The van der Waals surface area contributed by atoms with Crippen molar-refractivity contribution >= 4 is 23.9 Å². The second-order valence-electron chi connectivity index (χ2n) is 10.9. The van der Waals surface area contributed by atoms with E-state index in [0.29, 0.717) is 70.0 Å². The first-order chi connectivity index (χ1) is 22.8. The van der Waals surface area contributed by atoms with Crippen LogP contribution in [-0.2, 0) is 49.3 Å².